The third-order valence-corrected chi connectivity index (χ3v) is 2.38. The highest BCUT2D eigenvalue weighted by Gasteiger charge is 2.38. The molecule has 0 aromatic rings. The van der Waals surface area contributed by atoms with E-state index in [9.17, 15) is 4.79 Å². The van der Waals surface area contributed by atoms with Crippen LogP contribution in [-0.2, 0) is 4.74 Å². The smallest absolute Gasteiger partial charge is 0.407 e. The van der Waals surface area contributed by atoms with E-state index in [-0.39, 0.29) is 0 Å². The molecule has 0 unspecified atom stereocenters. The molecule has 2 heterocycles. The first-order chi connectivity index (χ1) is 5.27. The van der Waals surface area contributed by atoms with Gasteiger partial charge in [-0.1, -0.05) is 0 Å². The molecular formula is C7H11NO3. The predicted octanol–water partition coefficient (Wildman–Crippen LogP) is 0.385. The number of epoxide rings is 1. The molecule has 0 saturated carbocycles. The second-order valence-electron chi connectivity index (χ2n) is 3.15. The molecule has 0 radical (unpaired) electrons. The van der Waals surface area contributed by atoms with Gasteiger partial charge in [-0.05, 0) is 6.42 Å². The van der Waals surface area contributed by atoms with Gasteiger partial charge >= 0.3 is 6.09 Å². The van der Waals surface area contributed by atoms with Crippen LogP contribution in [0.25, 0.3) is 0 Å². The summed E-state index contributed by atoms with van der Waals surface area (Å²) in [5.41, 5.74) is 0. The lowest BCUT2D eigenvalue weighted by molar-refractivity contribution is 0.153. The minimum Gasteiger partial charge on any atom is -0.465 e. The molecule has 1 amide bonds. The number of hydrogen-bond donors (Lipinski definition) is 1. The van der Waals surface area contributed by atoms with Crippen LogP contribution in [-0.4, -0.2) is 41.9 Å². The number of amides is 1. The van der Waals surface area contributed by atoms with Gasteiger partial charge in [-0.25, -0.2) is 4.79 Å². The normalized spacial score (nSPS) is 35.8. The monoisotopic (exact) mass is 157 g/mol. The van der Waals surface area contributed by atoms with Crippen molar-refractivity contribution < 1.29 is 14.6 Å². The number of carboxylic acid groups (broad SMARTS) is 1. The maximum atomic E-state index is 10.5. The van der Waals surface area contributed by atoms with E-state index in [1.807, 2.05) is 0 Å². The van der Waals surface area contributed by atoms with Crippen LogP contribution in [0.1, 0.15) is 6.42 Å². The number of ether oxygens (including phenoxy) is 1. The zero-order valence-electron chi connectivity index (χ0n) is 6.19. The molecule has 11 heavy (non-hydrogen) atoms. The fraction of sp³-hybridized carbons (Fsp3) is 0.857. The minimum absolute atomic E-state index is 0.361. The van der Waals surface area contributed by atoms with E-state index >= 15 is 0 Å². The number of hydrogen-bond acceptors (Lipinski definition) is 2. The summed E-state index contributed by atoms with van der Waals surface area (Å²) in [5, 5.41) is 8.62. The van der Waals surface area contributed by atoms with Crippen molar-refractivity contribution >= 4 is 6.09 Å². The summed E-state index contributed by atoms with van der Waals surface area (Å²) >= 11 is 0. The Kier molecular flexibility index (Phi) is 1.49. The summed E-state index contributed by atoms with van der Waals surface area (Å²) in [4.78, 5) is 11.9. The van der Waals surface area contributed by atoms with E-state index < -0.39 is 6.09 Å². The van der Waals surface area contributed by atoms with Gasteiger partial charge in [0.05, 0.1) is 12.7 Å². The van der Waals surface area contributed by atoms with E-state index in [0.717, 1.165) is 13.0 Å². The van der Waals surface area contributed by atoms with Crippen molar-refractivity contribution in [3.63, 3.8) is 0 Å². The van der Waals surface area contributed by atoms with Gasteiger partial charge in [0.25, 0.3) is 0 Å². The second-order valence-corrected chi connectivity index (χ2v) is 3.15. The van der Waals surface area contributed by atoms with Crippen molar-refractivity contribution in [1.29, 1.82) is 0 Å². The van der Waals surface area contributed by atoms with Gasteiger partial charge in [-0.15, -0.1) is 0 Å². The molecule has 2 rings (SSSR count). The zero-order chi connectivity index (χ0) is 7.84. The molecule has 0 aliphatic carbocycles. The summed E-state index contributed by atoms with van der Waals surface area (Å²) in [5.74, 6) is 0.464. The lowest BCUT2D eigenvalue weighted by atomic mass is 10.1. The Balaban J connectivity index is 1.87. The topological polar surface area (TPSA) is 53.1 Å². The molecule has 1 N–H and O–H groups in total. The van der Waals surface area contributed by atoms with Gasteiger partial charge in [-0.3, -0.25) is 0 Å². The first-order valence-electron chi connectivity index (χ1n) is 3.87. The molecule has 2 atom stereocenters. The van der Waals surface area contributed by atoms with E-state index in [1.54, 1.807) is 0 Å². The van der Waals surface area contributed by atoms with Crippen molar-refractivity contribution in [3.8, 4) is 0 Å². The fourth-order valence-electron chi connectivity index (χ4n) is 1.59. The molecular weight excluding hydrogens is 146 g/mol. The summed E-state index contributed by atoms with van der Waals surface area (Å²) in [7, 11) is 0. The maximum absolute atomic E-state index is 10.5. The first kappa shape index (κ1) is 6.91. The molecule has 0 aromatic carbocycles. The van der Waals surface area contributed by atoms with Gasteiger partial charge in [0.15, 0.2) is 0 Å². The van der Waals surface area contributed by atoms with E-state index in [2.05, 4.69) is 0 Å². The Morgan fingerprint density at radius 2 is 2.36 bits per heavy atom. The number of nitrogens with zero attached hydrogens (tertiary/aromatic N) is 1. The molecule has 0 bridgehead atoms. The highest BCUT2D eigenvalue weighted by Crippen LogP contribution is 2.28. The van der Waals surface area contributed by atoms with Crippen molar-refractivity contribution in [2.24, 2.45) is 5.92 Å². The van der Waals surface area contributed by atoms with Crippen LogP contribution < -0.4 is 0 Å². The molecule has 2 saturated heterocycles. The largest absolute Gasteiger partial charge is 0.465 e. The average Bonchev–Trinajstić information content (AvgIpc) is 2.68. The first-order valence-corrected chi connectivity index (χ1v) is 3.87. The number of carbonyl (C=O) groups is 1. The van der Waals surface area contributed by atoms with Gasteiger partial charge in [-0.2, -0.15) is 0 Å². The van der Waals surface area contributed by atoms with E-state index in [4.69, 9.17) is 9.84 Å². The summed E-state index contributed by atoms with van der Waals surface area (Å²) in [6, 6.07) is 0. The van der Waals surface area contributed by atoms with Crippen molar-refractivity contribution in [2.75, 3.05) is 19.7 Å². The quantitative estimate of drug-likeness (QED) is 0.560. The van der Waals surface area contributed by atoms with Gasteiger partial charge < -0.3 is 14.7 Å². The highest BCUT2D eigenvalue weighted by molar-refractivity contribution is 5.65. The zero-order valence-corrected chi connectivity index (χ0v) is 6.19. The van der Waals surface area contributed by atoms with Crippen molar-refractivity contribution in [2.45, 2.75) is 12.5 Å². The number of likely N-dealkylation sites (tertiary alicyclic amines) is 1. The van der Waals surface area contributed by atoms with Crippen molar-refractivity contribution in [1.82, 2.24) is 4.90 Å². The second kappa shape index (κ2) is 2.37. The third-order valence-electron chi connectivity index (χ3n) is 2.38. The lowest BCUT2D eigenvalue weighted by Crippen LogP contribution is -2.27. The van der Waals surface area contributed by atoms with Crippen LogP contribution >= 0.6 is 0 Å². The van der Waals surface area contributed by atoms with Crippen molar-refractivity contribution in [3.05, 3.63) is 0 Å². The molecule has 0 aromatic heterocycles. The summed E-state index contributed by atoms with van der Waals surface area (Å²) in [6.07, 6.45) is 0.532. The minimum atomic E-state index is -0.798. The lowest BCUT2D eigenvalue weighted by Gasteiger charge is -2.10. The molecule has 0 spiro atoms. The predicted molar refractivity (Wildman–Crippen MR) is 37.4 cm³/mol. The maximum Gasteiger partial charge on any atom is 0.407 e. The van der Waals surface area contributed by atoms with Crippen LogP contribution in [0.2, 0.25) is 0 Å². The van der Waals surface area contributed by atoms with Crippen LogP contribution in [0.15, 0.2) is 0 Å². The Bertz CT molecular complexity index is 179. The summed E-state index contributed by atoms with van der Waals surface area (Å²) in [6.45, 7) is 2.18. The average molecular weight is 157 g/mol. The molecule has 2 aliphatic rings. The van der Waals surface area contributed by atoms with Gasteiger partial charge in [0.1, 0.15) is 0 Å². The molecule has 4 heteroatoms. The summed E-state index contributed by atoms with van der Waals surface area (Å²) < 4.78 is 5.10. The van der Waals surface area contributed by atoms with Crippen LogP contribution in [0.4, 0.5) is 4.79 Å². The Labute approximate surface area is 64.7 Å². The van der Waals surface area contributed by atoms with Gasteiger partial charge in [0, 0.05) is 19.0 Å². The van der Waals surface area contributed by atoms with Crippen LogP contribution in [0, 0.1) is 5.92 Å². The van der Waals surface area contributed by atoms with Crippen LogP contribution in [0.3, 0.4) is 0 Å². The SMILES string of the molecule is O=C(O)N1CC[C@@H]([C@H]2CO2)C1. The molecule has 2 fully saturated rings. The third kappa shape index (κ3) is 1.30. The standard InChI is InChI=1S/C7H11NO3/c9-7(10)8-2-1-5(3-8)6-4-11-6/h5-6H,1-4H2,(H,9,10)/t5-,6-/m1/s1. The van der Waals surface area contributed by atoms with E-state index in [0.29, 0.717) is 25.1 Å². The van der Waals surface area contributed by atoms with Gasteiger partial charge in [0.2, 0.25) is 0 Å². The Morgan fingerprint density at radius 1 is 1.64 bits per heavy atom. The number of rotatable bonds is 1. The molecule has 2 aliphatic heterocycles. The molecule has 4 nitrogen and oxygen atoms in total. The molecule has 62 valence electrons. The Hall–Kier alpha value is -0.770. The van der Waals surface area contributed by atoms with Crippen LogP contribution in [0.5, 0.6) is 0 Å². The highest BCUT2D eigenvalue weighted by atomic mass is 16.6. The van der Waals surface area contributed by atoms with E-state index in [1.165, 1.54) is 4.90 Å². The Morgan fingerprint density at radius 3 is 2.82 bits per heavy atom. The fourth-order valence-corrected chi connectivity index (χ4v) is 1.59.